The molecule has 0 saturated heterocycles. The SMILES string of the molecule is COc1ccc(CCC(=O)NCc2ccc(-c3ccn[nH]3)cc2)cc1F. The molecule has 6 heteroatoms. The van der Waals surface area contributed by atoms with E-state index in [0.29, 0.717) is 19.4 Å². The summed E-state index contributed by atoms with van der Waals surface area (Å²) in [6, 6.07) is 14.5. The van der Waals surface area contributed by atoms with Gasteiger partial charge in [-0.2, -0.15) is 5.10 Å². The van der Waals surface area contributed by atoms with E-state index in [0.717, 1.165) is 22.4 Å². The van der Waals surface area contributed by atoms with Crippen LogP contribution in [-0.4, -0.2) is 23.2 Å². The number of benzene rings is 2. The van der Waals surface area contributed by atoms with Gasteiger partial charge in [0.25, 0.3) is 0 Å². The van der Waals surface area contributed by atoms with Gasteiger partial charge in [0.2, 0.25) is 5.91 Å². The lowest BCUT2D eigenvalue weighted by molar-refractivity contribution is -0.121. The number of hydrogen-bond acceptors (Lipinski definition) is 3. The van der Waals surface area contributed by atoms with E-state index in [1.54, 1.807) is 18.3 Å². The van der Waals surface area contributed by atoms with E-state index in [-0.39, 0.29) is 11.7 Å². The molecule has 0 fully saturated rings. The van der Waals surface area contributed by atoms with Crippen LogP contribution in [0.25, 0.3) is 11.3 Å². The average molecular weight is 353 g/mol. The van der Waals surface area contributed by atoms with E-state index < -0.39 is 5.82 Å². The number of hydrogen-bond donors (Lipinski definition) is 2. The van der Waals surface area contributed by atoms with Crippen LogP contribution in [-0.2, 0) is 17.8 Å². The van der Waals surface area contributed by atoms with E-state index in [1.807, 2.05) is 30.3 Å². The second-order valence-corrected chi connectivity index (χ2v) is 5.91. The summed E-state index contributed by atoms with van der Waals surface area (Å²) in [4.78, 5) is 12.0. The van der Waals surface area contributed by atoms with Crippen LogP contribution in [0.15, 0.2) is 54.7 Å². The third-order valence-electron chi connectivity index (χ3n) is 4.11. The monoisotopic (exact) mass is 353 g/mol. The van der Waals surface area contributed by atoms with Gasteiger partial charge >= 0.3 is 0 Å². The van der Waals surface area contributed by atoms with Gasteiger partial charge in [0.05, 0.1) is 12.8 Å². The number of ether oxygens (including phenoxy) is 1. The first-order valence-corrected chi connectivity index (χ1v) is 8.33. The summed E-state index contributed by atoms with van der Waals surface area (Å²) in [5, 5.41) is 9.72. The van der Waals surface area contributed by atoms with Gasteiger partial charge in [-0.15, -0.1) is 0 Å². The fourth-order valence-corrected chi connectivity index (χ4v) is 2.63. The van der Waals surface area contributed by atoms with Gasteiger partial charge < -0.3 is 10.1 Å². The third kappa shape index (κ3) is 4.47. The lowest BCUT2D eigenvalue weighted by Crippen LogP contribution is -2.22. The molecule has 2 N–H and O–H groups in total. The Morgan fingerprint density at radius 2 is 1.92 bits per heavy atom. The summed E-state index contributed by atoms with van der Waals surface area (Å²) in [5.41, 5.74) is 3.77. The molecule has 2 aromatic carbocycles. The Kier molecular flexibility index (Phi) is 5.63. The van der Waals surface area contributed by atoms with Gasteiger partial charge in [0, 0.05) is 19.2 Å². The molecular formula is C20H20FN3O2. The van der Waals surface area contributed by atoms with Crippen molar-refractivity contribution in [3.05, 3.63) is 71.7 Å². The zero-order valence-electron chi connectivity index (χ0n) is 14.5. The number of nitrogens with one attached hydrogen (secondary N) is 2. The standard InChI is InChI=1S/C20H20FN3O2/c1-26-19-8-4-14(12-17(19)21)5-9-20(25)22-13-15-2-6-16(7-3-15)18-10-11-23-24-18/h2-4,6-8,10-12H,5,9,13H2,1H3,(H,22,25)(H,23,24). The molecule has 0 radical (unpaired) electrons. The molecule has 0 aliphatic carbocycles. The smallest absolute Gasteiger partial charge is 0.220 e. The second kappa shape index (κ2) is 8.29. The van der Waals surface area contributed by atoms with Crippen molar-refractivity contribution in [3.63, 3.8) is 0 Å². The Hall–Kier alpha value is -3.15. The van der Waals surface area contributed by atoms with Crippen molar-refractivity contribution in [2.45, 2.75) is 19.4 Å². The number of nitrogens with zero attached hydrogens (tertiary/aromatic N) is 1. The van der Waals surface area contributed by atoms with Gasteiger partial charge in [-0.05, 0) is 41.3 Å². The summed E-state index contributed by atoms with van der Waals surface area (Å²) in [5.74, 6) is -0.279. The van der Waals surface area contributed by atoms with Crippen molar-refractivity contribution in [1.82, 2.24) is 15.5 Å². The number of halogens is 1. The van der Waals surface area contributed by atoms with Gasteiger partial charge in [0.15, 0.2) is 11.6 Å². The number of methoxy groups -OCH3 is 1. The molecule has 5 nitrogen and oxygen atoms in total. The highest BCUT2D eigenvalue weighted by Crippen LogP contribution is 2.19. The van der Waals surface area contributed by atoms with Gasteiger partial charge in [-0.1, -0.05) is 30.3 Å². The Labute approximate surface area is 151 Å². The summed E-state index contributed by atoms with van der Waals surface area (Å²) in [6.07, 6.45) is 2.49. The zero-order chi connectivity index (χ0) is 18.4. The lowest BCUT2D eigenvalue weighted by Gasteiger charge is -2.07. The average Bonchev–Trinajstić information content (AvgIpc) is 3.20. The van der Waals surface area contributed by atoms with E-state index >= 15 is 0 Å². The van der Waals surface area contributed by atoms with Crippen LogP contribution < -0.4 is 10.1 Å². The van der Waals surface area contributed by atoms with Crippen molar-refractivity contribution < 1.29 is 13.9 Å². The fraction of sp³-hybridized carbons (Fsp3) is 0.200. The largest absolute Gasteiger partial charge is 0.494 e. The Bertz CT molecular complexity index is 861. The molecule has 134 valence electrons. The maximum atomic E-state index is 13.6. The van der Waals surface area contributed by atoms with Crippen molar-refractivity contribution in [2.24, 2.45) is 0 Å². The first-order valence-electron chi connectivity index (χ1n) is 8.33. The number of carbonyl (C=O) groups is 1. The Morgan fingerprint density at radius 3 is 2.58 bits per heavy atom. The van der Waals surface area contributed by atoms with Crippen LogP contribution in [0.1, 0.15) is 17.5 Å². The van der Waals surface area contributed by atoms with E-state index in [4.69, 9.17) is 4.74 Å². The summed E-state index contributed by atoms with van der Waals surface area (Å²) in [6.45, 7) is 0.457. The maximum Gasteiger partial charge on any atom is 0.220 e. The first kappa shape index (κ1) is 17.7. The molecule has 1 amide bonds. The number of aromatic amines is 1. The van der Waals surface area contributed by atoms with Crippen LogP contribution in [0, 0.1) is 5.82 Å². The van der Waals surface area contributed by atoms with Crippen molar-refractivity contribution in [3.8, 4) is 17.0 Å². The number of H-pyrrole nitrogens is 1. The summed E-state index contributed by atoms with van der Waals surface area (Å²) >= 11 is 0. The molecule has 26 heavy (non-hydrogen) atoms. The minimum Gasteiger partial charge on any atom is -0.494 e. The predicted octanol–water partition coefficient (Wildman–Crippen LogP) is 3.47. The van der Waals surface area contributed by atoms with E-state index in [2.05, 4.69) is 15.5 Å². The summed E-state index contributed by atoms with van der Waals surface area (Å²) in [7, 11) is 1.42. The van der Waals surface area contributed by atoms with E-state index in [9.17, 15) is 9.18 Å². The van der Waals surface area contributed by atoms with Gasteiger partial charge in [-0.25, -0.2) is 4.39 Å². The van der Waals surface area contributed by atoms with Gasteiger partial charge in [-0.3, -0.25) is 9.89 Å². The highest BCUT2D eigenvalue weighted by atomic mass is 19.1. The first-order chi connectivity index (χ1) is 12.7. The molecule has 0 spiro atoms. The molecule has 0 unspecified atom stereocenters. The lowest BCUT2D eigenvalue weighted by atomic mass is 10.1. The molecule has 3 rings (SSSR count). The number of aromatic nitrogens is 2. The topological polar surface area (TPSA) is 67.0 Å². The van der Waals surface area contributed by atoms with Crippen LogP contribution >= 0.6 is 0 Å². The maximum absolute atomic E-state index is 13.6. The molecule has 1 aromatic heterocycles. The highest BCUT2D eigenvalue weighted by Gasteiger charge is 2.07. The molecule has 0 atom stereocenters. The number of rotatable bonds is 7. The normalized spacial score (nSPS) is 10.5. The molecular weight excluding hydrogens is 333 g/mol. The van der Waals surface area contributed by atoms with E-state index in [1.165, 1.54) is 13.2 Å². The van der Waals surface area contributed by atoms with Crippen LogP contribution in [0.2, 0.25) is 0 Å². The quantitative estimate of drug-likeness (QED) is 0.683. The fourth-order valence-electron chi connectivity index (χ4n) is 2.63. The molecule has 3 aromatic rings. The molecule has 0 aliphatic heterocycles. The number of carbonyl (C=O) groups excluding carboxylic acids is 1. The molecule has 1 heterocycles. The Balaban J connectivity index is 1.47. The zero-order valence-corrected chi connectivity index (χ0v) is 14.5. The summed E-state index contributed by atoms with van der Waals surface area (Å²) < 4.78 is 18.5. The third-order valence-corrected chi connectivity index (χ3v) is 4.11. The van der Waals surface area contributed by atoms with Crippen LogP contribution in [0.4, 0.5) is 4.39 Å². The van der Waals surface area contributed by atoms with Crippen LogP contribution in [0.3, 0.4) is 0 Å². The van der Waals surface area contributed by atoms with Crippen molar-refractivity contribution >= 4 is 5.91 Å². The minimum atomic E-state index is -0.414. The second-order valence-electron chi connectivity index (χ2n) is 5.91. The van der Waals surface area contributed by atoms with Crippen molar-refractivity contribution in [1.29, 1.82) is 0 Å². The highest BCUT2D eigenvalue weighted by molar-refractivity contribution is 5.76. The molecule has 0 aliphatic rings. The number of amides is 1. The molecule has 0 saturated carbocycles. The van der Waals surface area contributed by atoms with Crippen LogP contribution in [0.5, 0.6) is 5.75 Å². The van der Waals surface area contributed by atoms with Crippen molar-refractivity contribution in [2.75, 3.05) is 7.11 Å². The van der Waals surface area contributed by atoms with Gasteiger partial charge in [0.1, 0.15) is 0 Å². The number of aryl methyl sites for hydroxylation is 1. The minimum absolute atomic E-state index is 0.0705. The Morgan fingerprint density at radius 1 is 1.15 bits per heavy atom. The molecule has 0 bridgehead atoms. The predicted molar refractivity (Wildman–Crippen MR) is 97.1 cm³/mol.